The van der Waals surface area contributed by atoms with Crippen LogP contribution in [0.5, 0.6) is 0 Å². The average molecular weight is 326 g/mol. The Morgan fingerprint density at radius 3 is 2.88 bits per heavy atom. The number of rotatable bonds is 7. The maximum Gasteiger partial charge on any atom is 0.234 e. The van der Waals surface area contributed by atoms with Gasteiger partial charge in [0.05, 0.1) is 13.1 Å². The SMILES string of the molecule is O=C(CN1CCCC[C@@H]1Cn1cccn1)NCCc1ccccc1. The zero-order valence-corrected chi connectivity index (χ0v) is 14.1. The Morgan fingerprint density at radius 1 is 1.21 bits per heavy atom. The molecule has 0 bridgehead atoms. The lowest BCUT2D eigenvalue weighted by Crippen LogP contribution is -2.47. The highest BCUT2D eigenvalue weighted by molar-refractivity contribution is 5.78. The molecule has 1 aliphatic heterocycles. The molecule has 0 radical (unpaired) electrons. The predicted molar refractivity (Wildman–Crippen MR) is 94.6 cm³/mol. The van der Waals surface area contributed by atoms with E-state index in [-0.39, 0.29) is 5.91 Å². The molecule has 2 aromatic rings. The summed E-state index contributed by atoms with van der Waals surface area (Å²) in [5, 5.41) is 7.35. The summed E-state index contributed by atoms with van der Waals surface area (Å²) in [6.07, 6.45) is 8.22. The van der Waals surface area contributed by atoms with Crippen molar-refractivity contribution >= 4 is 5.91 Å². The quantitative estimate of drug-likeness (QED) is 0.848. The van der Waals surface area contributed by atoms with Crippen molar-refractivity contribution in [3.63, 3.8) is 0 Å². The molecule has 1 amide bonds. The highest BCUT2D eigenvalue weighted by atomic mass is 16.2. The van der Waals surface area contributed by atoms with Gasteiger partial charge in [-0.3, -0.25) is 14.4 Å². The monoisotopic (exact) mass is 326 g/mol. The molecule has 0 unspecified atom stereocenters. The summed E-state index contributed by atoms with van der Waals surface area (Å²) >= 11 is 0. The number of carbonyl (C=O) groups is 1. The number of nitrogens with zero attached hydrogens (tertiary/aromatic N) is 3. The lowest BCUT2D eigenvalue weighted by molar-refractivity contribution is -0.123. The van der Waals surface area contributed by atoms with Gasteiger partial charge in [-0.25, -0.2) is 0 Å². The molecule has 1 N–H and O–H groups in total. The minimum atomic E-state index is 0.123. The molecule has 1 fully saturated rings. The summed E-state index contributed by atoms with van der Waals surface area (Å²) in [5.41, 5.74) is 1.26. The van der Waals surface area contributed by atoms with Crippen LogP contribution < -0.4 is 5.32 Å². The zero-order chi connectivity index (χ0) is 16.6. The first-order valence-corrected chi connectivity index (χ1v) is 8.83. The number of aromatic nitrogens is 2. The maximum atomic E-state index is 12.3. The van der Waals surface area contributed by atoms with Crippen LogP contribution in [0.3, 0.4) is 0 Å². The number of likely N-dealkylation sites (tertiary alicyclic amines) is 1. The summed E-state index contributed by atoms with van der Waals surface area (Å²) < 4.78 is 1.97. The Morgan fingerprint density at radius 2 is 2.08 bits per heavy atom. The van der Waals surface area contributed by atoms with Gasteiger partial charge in [0.2, 0.25) is 5.91 Å². The van der Waals surface area contributed by atoms with E-state index >= 15 is 0 Å². The summed E-state index contributed by atoms with van der Waals surface area (Å²) in [5.74, 6) is 0.123. The molecule has 1 atom stereocenters. The minimum Gasteiger partial charge on any atom is -0.355 e. The van der Waals surface area contributed by atoms with E-state index in [2.05, 4.69) is 27.4 Å². The second-order valence-electron chi connectivity index (χ2n) is 6.43. The van der Waals surface area contributed by atoms with Crippen LogP contribution in [0.25, 0.3) is 0 Å². The lowest BCUT2D eigenvalue weighted by atomic mass is 10.0. The molecule has 0 saturated carbocycles. The van der Waals surface area contributed by atoms with E-state index in [1.54, 1.807) is 0 Å². The van der Waals surface area contributed by atoms with Gasteiger partial charge in [0.1, 0.15) is 0 Å². The van der Waals surface area contributed by atoms with Gasteiger partial charge in [0, 0.05) is 25.0 Å². The van der Waals surface area contributed by atoms with E-state index in [4.69, 9.17) is 0 Å². The molecule has 5 nitrogen and oxygen atoms in total. The number of benzene rings is 1. The van der Waals surface area contributed by atoms with Crippen molar-refractivity contribution in [2.24, 2.45) is 0 Å². The molecule has 128 valence electrons. The van der Waals surface area contributed by atoms with Crippen molar-refractivity contribution in [1.29, 1.82) is 0 Å². The Kier molecular flexibility index (Phi) is 6.01. The Labute approximate surface area is 143 Å². The van der Waals surface area contributed by atoms with E-state index in [1.807, 2.05) is 41.3 Å². The Balaban J connectivity index is 1.44. The zero-order valence-electron chi connectivity index (χ0n) is 14.1. The fourth-order valence-corrected chi connectivity index (χ4v) is 3.33. The third kappa shape index (κ3) is 4.93. The van der Waals surface area contributed by atoms with Crippen LogP contribution in [0, 0.1) is 0 Å². The average Bonchev–Trinajstić information content (AvgIpc) is 3.11. The predicted octanol–water partition coefficient (Wildman–Crippen LogP) is 2.10. The minimum absolute atomic E-state index is 0.123. The number of carbonyl (C=O) groups excluding carboxylic acids is 1. The van der Waals surface area contributed by atoms with Crippen molar-refractivity contribution in [3.8, 4) is 0 Å². The topological polar surface area (TPSA) is 50.2 Å². The summed E-state index contributed by atoms with van der Waals surface area (Å²) in [6, 6.07) is 12.6. The molecular formula is C19H26N4O. The highest BCUT2D eigenvalue weighted by Gasteiger charge is 2.24. The van der Waals surface area contributed by atoms with Crippen LogP contribution in [0.4, 0.5) is 0 Å². The fourth-order valence-electron chi connectivity index (χ4n) is 3.33. The summed E-state index contributed by atoms with van der Waals surface area (Å²) in [6.45, 7) is 3.05. The van der Waals surface area contributed by atoms with Crippen molar-refractivity contribution in [2.75, 3.05) is 19.6 Å². The van der Waals surface area contributed by atoms with Crippen LogP contribution in [-0.2, 0) is 17.8 Å². The van der Waals surface area contributed by atoms with Crippen molar-refractivity contribution in [2.45, 2.75) is 38.3 Å². The van der Waals surface area contributed by atoms with Crippen molar-refractivity contribution < 1.29 is 4.79 Å². The molecule has 2 heterocycles. The molecule has 3 rings (SSSR count). The van der Waals surface area contributed by atoms with Gasteiger partial charge in [-0.15, -0.1) is 0 Å². The molecule has 1 saturated heterocycles. The molecular weight excluding hydrogens is 300 g/mol. The van der Waals surface area contributed by atoms with Gasteiger partial charge in [-0.05, 0) is 37.4 Å². The number of nitrogens with one attached hydrogen (secondary N) is 1. The normalized spacial score (nSPS) is 18.4. The van der Waals surface area contributed by atoms with E-state index in [9.17, 15) is 4.79 Å². The number of hydrogen-bond donors (Lipinski definition) is 1. The smallest absolute Gasteiger partial charge is 0.234 e. The van der Waals surface area contributed by atoms with E-state index in [1.165, 1.54) is 18.4 Å². The largest absolute Gasteiger partial charge is 0.355 e. The van der Waals surface area contributed by atoms with Gasteiger partial charge < -0.3 is 5.32 Å². The summed E-state index contributed by atoms with van der Waals surface area (Å²) in [7, 11) is 0. The van der Waals surface area contributed by atoms with Crippen LogP contribution in [-0.4, -0.2) is 46.3 Å². The molecule has 0 aliphatic carbocycles. The first-order chi connectivity index (χ1) is 11.8. The second kappa shape index (κ2) is 8.64. The van der Waals surface area contributed by atoms with Gasteiger partial charge in [0.25, 0.3) is 0 Å². The molecule has 1 aliphatic rings. The summed E-state index contributed by atoms with van der Waals surface area (Å²) in [4.78, 5) is 14.6. The standard InChI is InChI=1S/C19H26N4O/c24-19(20-12-10-17-7-2-1-3-8-17)16-22-13-5-4-9-18(22)15-23-14-6-11-21-23/h1-3,6-8,11,14,18H,4-5,9-10,12-13,15-16H2,(H,20,24)/t18-/m1/s1. The maximum absolute atomic E-state index is 12.3. The van der Waals surface area contributed by atoms with Gasteiger partial charge in [-0.2, -0.15) is 5.10 Å². The third-order valence-electron chi connectivity index (χ3n) is 4.63. The van der Waals surface area contributed by atoms with Crippen molar-refractivity contribution in [3.05, 3.63) is 54.4 Å². The van der Waals surface area contributed by atoms with Crippen molar-refractivity contribution in [1.82, 2.24) is 20.0 Å². The van der Waals surface area contributed by atoms with E-state index < -0.39 is 0 Å². The molecule has 5 heteroatoms. The van der Waals surface area contributed by atoms with Crippen LogP contribution in [0.1, 0.15) is 24.8 Å². The van der Waals surface area contributed by atoms with E-state index in [0.717, 1.165) is 25.9 Å². The van der Waals surface area contributed by atoms with Gasteiger partial charge in [-0.1, -0.05) is 36.8 Å². The van der Waals surface area contributed by atoms with Gasteiger partial charge in [0.15, 0.2) is 0 Å². The number of hydrogen-bond acceptors (Lipinski definition) is 3. The third-order valence-corrected chi connectivity index (χ3v) is 4.63. The van der Waals surface area contributed by atoms with Gasteiger partial charge >= 0.3 is 0 Å². The molecule has 1 aromatic carbocycles. The number of piperidine rings is 1. The Bertz CT molecular complexity index is 612. The second-order valence-corrected chi connectivity index (χ2v) is 6.43. The van der Waals surface area contributed by atoms with Crippen LogP contribution in [0.2, 0.25) is 0 Å². The molecule has 1 aromatic heterocycles. The fraction of sp³-hybridized carbons (Fsp3) is 0.474. The highest BCUT2D eigenvalue weighted by Crippen LogP contribution is 2.18. The molecule has 24 heavy (non-hydrogen) atoms. The van der Waals surface area contributed by atoms with Crippen LogP contribution >= 0.6 is 0 Å². The first-order valence-electron chi connectivity index (χ1n) is 8.83. The van der Waals surface area contributed by atoms with Crippen LogP contribution in [0.15, 0.2) is 48.8 Å². The Hall–Kier alpha value is -2.14. The lowest BCUT2D eigenvalue weighted by Gasteiger charge is -2.35. The first kappa shape index (κ1) is 16.7. The van der Waals surface area contributed by atoms with E-state index in [0.29, 0.717) is 19.1 Å². The number of amides is 1. The molecule has 0 spiro atoms.